The van der Waals surface area contributed by atoms with Gasteiger partial charge in [0.15, 0.2) is 0 Å². The Morgan fingerprint density at radius 2 is 2.04 bits per heavy atom. The molecule has 3 rings (SSSR count). The summed E-state index contributed by atoms with van der Waals surface area (Å²) in [7, 11) is 0. The predicted molar refractivity (Wildman–Crippen MR) is 107 cm³/mol. The van der Waals surface area contributed by atoms with E-state index in [9.17, 15) is 4.79 Å². The molecule has 1 aromatic heterocycles. The second kappa shape index (κ2) is 9.60. The van der Waals surface area contributed by atoms with E-state index in [1.807, 2.05) is 37.3 Å². The van der Waals surface area contributed by atoms with Gasteiger partial charge in [0.2, 0.25) is 0 Å². The zero-order valence-corrected chi connectivity index (χ0v) is 16.3. The first-order valence-corrected chi connectivity index (χ1v) is 10.0. The molecular formula is C22H29N3O2. The molecule has 1 fully saturated rings. The molecule has 0 bridgehead atoms. The summed E-state index contributed by atoms with van der Waals surface area (Å²) in [5, 5.41) is 3.01. The number of hydrogen-bond acceptors (Lipinski definition) is 4. The van der Waals surface area contributed by atoms with Gasteiger partial charge in [-0.15, -0.1) is 0 Å². The number of aryl methyl sites for hydroxylation is 2. The number of unbranched alkanes of at least 4 members (excludes halogenated alkanes) is 1. The van der Waals surface area contributed by atoms with Crippen LogP contribution in [0.5, 0.6) is 0 Å². The van der Waals surface area contributed by atoms with Gasteiger partial charge in [0.1, 0.15) is 5.82 Å². The summed E-state index contributed by atoms with van der Waals surface area (Å²) >= 11 is 0. The van der Waals surface area contributed by atoms with Crippen molar-refractivity contribution in [3.63, 3.8) is 0 Å². The second-order valence-corrected chi connectivity index (χ2v) is 7.11. The lowest BCUT2D eigenvalue weighted by atomic mass is 10.1. The van der Waals surface area contributed by atoms with Gasteiger partial charge in [0.25, 0.3) is 5.91 Å². The first kappa shape index (κ1) is 19.5. The van der Waals surface area contributed by atoms with E-state index in [-0.39, 0.29) is 5.91 Å². The van der Waals surface area contributed by atoms with Gasteiger partial charge in [-0.25, -0.2) is 9.97 Å². The molecule has 1 aliphatic heterocycles. The van der Waals surface area contributed by atoms with Gasteiger partial charge < -0.3 is 10.1 Å². The van der Waals surface area contributed by atoms with E-state index in [4.69, 9.17) is 4.74 Å². The molecule has 0 aliphatic carbocycles. The van der Waals surface area contributed by atoms with Crippen molar-refractivity contribution in [3.05, 3.63) is 47.4 Å². The van der Waals surface area contributed by atoms with E-state index >= 15 is 0 Å². The largest absolute Gasteiger partial charge is 0.378 e. The molecule has 1 amide bonds. The first-order chi connectivity index (χ1) is 13.2. The number of nitrogens with zero attached hydrogens (tertiary/aromatic N) is 2. The third-order valence-electron chi connectivity index (χ3n) is 4.96. The van der Waals surface area contributed by atoms with Gasteiger partial charge in [-0.05, 0) is 63.6 Å². The Hall–Kier alpha value is -2.27. The van der Waals surface area contributed by atoms with Crippen molar-refractivity contribution in [2.75, 3.05) is 13.2 Å². The molecule has 1 aromatic carbocycles. The predicted octanol–water partition coefficient (Wildman–Crippen LogP) is 4.09. The second-order valence-electron chi connectivity index (χ2n) is 7.11. The molecule has 1 aliphatic rings. The average molecular weight is 367 g/mol. The SMILES string of the molecule is CCc1cc(-c2ccc(C(=O)NCCCC[C@H]3CCCO3)cc2)nc(C)n1. The maximum absolute atomic E-state index is 12.3. The Balaban J connectivity index is 1.49. The number of amides is 1. The number of benzene rings is 1. The van der Waals surface area contributed by atoms with Crippen molar-refractivity contribution < 1.29 is 9.53 Å². The van der Waals surface area contributed by atoms with E-state index in [1.165, 1.54) is 12.8 Å². The van der Waals surface area contributed by atoms with Crippen LogP contribution in [0.3, 0.4) is 0 Å². The van der Waals surface area contributed by atoms with Crippen molar-refractivity contribution in [3.8, 4) is 11.3 Å². The monoisotopic (exact) mass is 367 g/mol. The number of ether oxygens (including phenoxy) is 1. The van der Waals surface area contributed by atoms with Crippen LogP contribution in [0.2, 0.25) is 0 Å². The van der Waals surface area contributed by atoms with E-state index in [0.717, 1.165) is 55.1 Å². The fourth-order valence-corrected chi connectivity index (χ4v) is 3.42. The molecule has 0 unspecified atom stereocenters. The number of carbonyl (C=O) groups excluding carboxylic acids is 1. The van der Waals surface area contributed by atoms with Gasteiger partial charge in [-0.1, -0.05) is 19.1 Å². The average Bonchev–Trinajstić information content (AvgIpc) is 3.20. The summed E-state index contributed by atoms with van der Waals surface area (Å²) in [6.07, 6.45) is 6.87. The third-order valence-corrected chi connectivity index (χ3v) is 4.96. The van der Waals surface area contributed by atoms with Gasteiger partial charge in [-0.2, -0.15) is 0 Å². The molecule has 1 N–H and O–H groups in total. The highest BCUT2D eigenvalue weighted by atomic mass is 16.5. The standard InChI is InChI=1S/C22H29N3O2/c1-3-19-15-21(25-16(2)24-19)17-9-11-18(12-10-17)22(26)23-13-5-4-7-20-8-6-14-27-20/h9-12,15,20H,3-8,13-14H2,1-2H3,(H,23,26)/t20-/m0/s1. The molecule has 2 aromatic rings. The minimum atomic E-state index is -0.0215. The maximum Gasteiger partial charge on any atom is 0.251 e. The topological polar surface area (TPSA) is 64.1 Å². The number of carbonyl (C=O) groups is 1. The number of aromatic nitrogens is 2. The molecule has 0 radical (unpaired) electrons. The molecule has 27 heavy (non-hydrogen) atoms. The fourth-order valence-electron chi connectivity index (χ4n) is 3.42. The van der Waals surface area contributed by atoms with Crippen molar-refractivity contribution >= 4 is 5.91 Å². The van der Waals surface area contributed by atoms with Gasteiger partial charge in [-0.3, -0.25) is 4.79 Å². The first-order valence-electron chi connectivity index (χ1n) is 10.0. The van der Waals surface area contributed by atoms with Gasteiger partial charge in [0, 0.05) is 30.0 Å². The Labute approximate surface area is 161 Å². The molecule has 144 valence electrons. The normalized spacial score (nSPS) is 16.4. The molecule has 5 heteroatoms. The van der Waals surface area contributed by atoms with E-state index < -0.39 is 0 Å². The van der Waals surface area contributed by atoms with Crippen molar-refractivity contribution in [1.82, 2.24) is 15.3 Å². The molecule has 5 nitrogen and oxygen atoms in total. The van der Waals surface area contributed by atoms with Crippen LogP contribution in [0.25, 0.3) is 11.3 Å². The van der Waals surface area contributed by atoms with Crippen LogP contribution in [-0.4, -0.2) is 35.1 Å². The highest BCUT2D eigenvalue weighted by Gasteiger charge is 2.14. The van der Waals surface area contributed by atoms with Crippen LogP contribution in [0.4, 0.5) is 0 Å². The summed E-state index contributed by atoms with van der Waals surface area (Å²) in [5.74, 6) is 0.751. The number of rotatable bonds is 8. The van der Waals surface area contributed by atoms with Crippen LogP contribution >= 0.6 is 0 Å². The minimum absolute atomic E-state index is 0.0215. The number of nitrogens with one attached hydrogen (secondary N) is 1. The van der Waals surface area contributed by atoms with Gasteiger partial charge >= 0.3 is 0 Å². The quantitative estimate of drug-likeness (QED) is 0.714. The van der Waals surface area contributed by atoms with E-state index in [0.29, 0.717) is 18.2 Å². The van der Waals surface area contributed by atoms with Crippen LogP contribution in [0.15, 0.2) is 30.3 Å². The molecule has 1 saturated heterocycles. The summed E-state index contributed by atoms with van der Waals surface area (Å²) in [5.41, 5.74) is 3.62. The smallest absolute Gasteiger partial charge is 0.251 e. The molecule has 1 atom stereocenters. The zero-order valence-electron chi connectivity index (χ0n) is 16.3. The van der Waals surface area contributed by atoms with E-state index in [1.54, 1.807) is 0 Å². The van der Waals surface area contributed by atoms with Crippen molar-refractivity contribution in [2.24, 2.45) is 0 Å². The summed E-state index contributed by atoms with van der Waals surface area (Å²) in [6.45, 7) is 5.60. The molecule has 2 heterocycles. The van der Waals surface area contributed by atoms with Crippen molar-refractivity contribution in [1.29, 1.82) is 0 Å². The third kappa shape index (κ3) is 5.60. The zero-order chi connectivity index (χ0) is 19.1. The van der Waals surface area contributed by atoms with E-state index in [2.05, 4.69) is 22.2 Å². The molecule has 0 saturated carbocycles. The Morgan fingerprint density at radius 3 is 2.74 bits per heavy atom. The molecular weight excluding hydrogens is 338 g/mol. The summed E-state index contributed by atoms with van der Waals surface area (Å²) in [6, 6.07) is 9.64. The lowest BCUT2D eigenvalue weighted by Gasteiger charge is -2.09. The van der Waals surface area contributed by atoms with Crippen LogP contribution in [0.1, 0.15) is 60.9 Å². The lowest BCUT2D eigenvalue weighted by molar-refractivity contribution is 0.0947. The Morgan fingerprint density at radius 1 is 1.22 bits per heavy atom. The van der Waals surface area contributed by atoms with Crippen LogP contribution in [0, 0.1) is 6.92 Å². The van der Waals surface area contributed by atoms with Gasteiger partial charge in [0.05, 0.1) is 11.8 Å². The highest BCUT2D eigenvalue weighted by Crippen LogP contribution is 2.19. The summed E-state index contributed by atoms with van der Waals surface area (Å²) < 4.78 is 5.62. The van der Waals surface area contributed by atoms with Crippen LogP contribution in [-0.2, 0) is 11.2 Å². The van der Waals surface area contributed by atoms with Crippen molar-refractivity contribution in [2.45, 2.75) is 58.5 Å². The lowest BCUT2D eigenvalue weighted by Crippen LogP contribution is -2.24. The highest BCUT2D eigenvalue weighted by molar-refractivity contribution is 5.94. The van der Waals surface area contributed by atoms with Crippen LogP contribution < -0.4 is 5.32 Å². The fraction of sp³-hybridized carbons (Fsp3) is 0.500. The minimum Gasteiger partial charge on any atom is -0.378 e. The Kier molecular flexibility index (Phi) is 6.93. The Bertz CT molecular complexity index is 753. The number of hydrogen-bond donors (Lipinski definition) is 1. The summed E-state index contributed by atoms with van der Waals surface area (Å²) in [4.78, 5) is 21.2. The maximum atomic E-state index is 12.3. The molecule has 0 spiro atoms.